The van der Waals surface area contributed by atoms with Crippen molar-refractivity contribution in [1.82, 2.24) is 19.6 Å². The molecule has 2 heterocycles. The van der Waals surface area contributed by atoms with Gasteiger partial charge in [-0.1, -0.05) is 0 Å². The molecule has 1 atom stereocenters. The molecule has 16 heavy (non-hydrogen) atoms. The van der Waals surface area contributed by atoms with Gasteiger partial charge in [0.25, 0.3) is 5.78 Å². The molecule has 0 unspecified atom stereocenters. The van der Waals surface area contributed by atoms with Gasteiger partial charge in [-0.15, -0.1) is 0 Å². The molecule has 0 bridgehead atoms. The predicted molar refractivity (Wildman–Crippen MR) is 56.2 cm³/mol. The number of carboxylic acid groups (broad SMARTS) is 1. The molecule has 2 rings (SSSR count). The van der Waals surface area contributed by atoms with Gasteiger partial charge in [0.2, 0.25) is 0 Å². The summed E-state index contributed by atoms with van der Waals surface area (Å²) in [5.74, 6) is 0.0812. The Bertz CT molecular complexity index is 536. The fourth-order valence-electron chi connectivity index (χ4n) is 1.32. The van der Waals surface area contributed by atoms with Crippen LogP contribution in [0.1, 0.15) is 12.6 Å². The summed E-state index contributed by atoms with van der Waals surface area (Å²) < 4.78 is 1.46. The largest absolute Gasteiger partial charge is 0.480 e. The maximum Gasteiger partial charge on any atom is 0.325 e. The Kier molecular flexibility index (Phi) is 2.43. The third-order valence-corrected chi connectivity index (χ3v) is 2.11. The highest BCUT2D eigenvalue weighted by Crippen LogP contribution is 2.11. The smallest absolute Gasteiger partial charge is 0.325 e. The lowest BCUT2D eigenvalue weighted by Crippen LogP contribution is -2.26. The molecule has 0 aliphatic rings. The minimum atomic E-state index is -0.928. The van der Waals surface area contributed by atoms with Gasteiger partial charge in [-0.2, -0.15) is 14.6 Å². The zero-order chi connectivity index (χ0) is 11.7. The second-order valence-corrected chi connectivity index (χ2v) is 3.46. The van der Waals surface area contributed by atoms with Crippen LogP contribution in [0.25, 0.3) is 5.78 Å². The number of rotatable bonds is 3. The van der Waals surface area contributed by atoms with E-state index in [2.05, 4.69) is 20.4 Å². The Morgan fingerprint density at radius 3 is 3.06 bits per heavy atom. The van der Waals surface area contributed by atoms with Crippen molar-refractivity contribution < 1.29 is 9.90 Å². The topological polar surface area (TPSA) is 92.4 Å². The van der Waals surface area contributed by atoms with Crippen molar-refractivity contribution >= 4 is 17.6 Å². The van der Waals surface area contributed by atoms with Crippen LogP contribution in [0.4, 0.5) is 5.82 Å². The summed E-state index contributed by atoms with van der Waals surface area (Å²) in [5.41, 5.74) is 0.751. The molecule has 0 amide bonds. The van der Waals surface area contributed by atoms with Gasteiger partial charge in [-0.05, 0) is 13.8 Å². The number of nitrogens with one attached hydrogen (secondary N) is 1. The molecule has 0 spiro atoms. The minimum Gasteiger partial charge on any atom is -0.480 e. The first-order valence-corrected chi connectivity index (χ1v) is 4.74. The number of anilines is 1. The lowest BCUT2D eigenvalue weighted by Gasteiger charge is -2.11. The van der Waals surface area contributed by atoms with Crippen LogP contribution in [0.2, 0.25) is 0 Å². The number of aliphatic carboxylic acids is 1. The number of aryl methyl sites for hydroxylation is 1. The Balaban J connectivity index is 2.42. The molecule has 2 N–H and O–H groups in total. The van der Waals surface area contributed by atoms with Crippen LogP contribution in [0, 0.1) is 6.92 Å². The Labute approximate surface area is 91.1 Å². The van der Waals surface area contributed by atoms with Gasteiger partial charge in [0.15, 0.2) is 0 Å². The molecule has 0 aromatic carbocycles. The molecule has 0 fully saturated rings. The number of carboxylic acids is 1. The van der Waals surface area contributed by atoms with Gasteiger partial charge >= 0.3 is 5.97 Å². The van der Waals surface area contributed by atoms with Gasteiger partial charge in [0.1, 0.15) is 18.2 Å². The first-order valence-electron chi connectivity index (χ1n) is 4.74. The zero-order valence-electron chi connectivity index (χ0n) is 8.88. The lowest BCUT2D eigenvalue weighted by atomic mass is 10.3. The van der Waals surface area contributed by atoms with Crippen molar-refractivity contribution in [1.29, 1.82) is 0 Å². The summed E-state index contributed by atoms with van der Waals surface area (Å²) in [6.45, 7) is 3.37. The zero-order valence-corrected chi connectivity index (χ0v) is 8.88. The Hall–Kier alpha value is -2.18. The quantitative estimate of drug-likeness (QED) is 0.775. The van der Waals surface area contributed by atoms with Gasteiger partial charge in [0, 0.05) is 11.8 Å². The lowest BCUT2D eigenvalue weighted by molar-refractivity contribution is -0.137. The molecule has 7 nitrogen and oxygen atoms in total. The summed E-state index contributed by atoms with van der Waals surface area (Å²) >= 11 is 0. The fourth-order valence-corrected chi connectivity index (χ4v) is 1.32. The Morgan fingerprint density at radius 1 is 1.62 bits per heavy atom. The van der Waals surface area contributed by atoms with Crippen molar-refractivity contribution in [2.45, 2.75) is 19.9 Å². The van der Waals surface area contributed by atoms with Crippen molar-refractivity contribution in [3.63, 3.8) is 0 Å². The molecule has 2 aromatic heterocycles. The molecular formula is C9H11N5O2. The van der Waals surface area contributed by atoms with Gasteiger partial charge in [0.05, 0.1) is 0 Å². The van der Waals surface area contributed by atoms with Crippen molar-refractivity contribution in [3.05, 3.63) is 18.1 Å². The first kappa shape index (κ1) is 10.3. The summed E-state index contributed by atoms with van der Waals surface area (Å²) in [5, 5.41) is 15.6. The normalized spacial score (nSPS) is 12.6. The summed E-state index contributed by atoms with van der Waals surface area (Å²) in [6, 6.07) is 1.02. The Morgan fingerprint density at radius 2 is 2.38 bits per heavy atom. The van der Waals surface area contributed by atoms with E-state index in [-0.39, 0.29) is 0 Å². The van der Waals surface area contributed by atoms with Crippen molar-refractivity contribution in [3.8, 4) is 0 Å². The summed E-state index contributed by atoms with van der Waals surface area (Å²) in [7, 11) is 0. The molecule has 0 aliphatic carbocycles. The molecule has 84 valence electrons. The van der Waals surface area contributed by atoms with Gasteiger partial charge in [-0.25, -0.2) is 4.98 Å². The second-order valence-electron chi connectivity index (χ2n) is 3.46. The van der Waals surface area contributed by atoms with Crippen LogP contribution in [0.5, 0.6) is 0 Å². The number of hydrogen-bond acceptors (Lipinski definition) is 5. The average Bonchev–Trinajstić information content (AvgIpc) is 2.65. The minimum absolute atomic E-state index is 0.445. The molecule has 0 saturated carbocycles. The van der Waals surface area contributed by atoms with Crippen LogP contribution in [-0.4, -0.2) is 36.7 Å². The van der Waals surface area contributed by atoms with E-state index in [1.807, 2.05) is 6.92 Å². The summed E-state index contributed by atoms with van der Waals surface area (Å²) in [6.07, 6.45) is 1.37. The standard InChI is InChI=1S/C9H11N5O2/c1-5-3-7(13-6(2)8(15)16)14-9(12-5)10-4-11-14/h3-4,6,13H,1-2H3,(H,15,16)/t6-/m0/s1. The van der Waals surface area contributed by atoms with E-state index in [1.165, 1.54) is 10.8 Å². The molecule has 0 aliphatic heterocycles. The maximum atomic E-state index is 10.7. The maximum absolute atomic E-state index is 10.7. The van der Waals surface area contributed by atoms with Crippen LogP contribution in [0.15, 0.2) is 12.4 Å². The molecule has 0 saturated heterocycles. The monoisotopic (exact) mass is 221 g/mol. The van der Waals surface area contributed by atoms with E-state index in [0.717, 1.165) is 5.69 Å². The van der Waals surface area contributed by atoms with E-state index < -0.39 is 12.0 Å². The van der Waals surface area contributed by atoms with Crippen LogP contribution in [0.3, 0.4) is 0 Å². The number of hydrogen-bond donors (Lipinski definition) is 2. The number of fused-ring (bicyclic) bond motifs is 1. The number of aromatic nitrogens is 4. The molecular weight excluding hydrogens is 210 g/mol. The molecule has 7 heteroatoms. The average molecular weight is 221 g/mol. The third kappa shape index (κ3) is 1.79. The van der Waals surface area contributed by atoms with Crippen molar-refractivity contribution in [2.24, 2.45) is 0 Å². The third-order valence-electron chi connectivity index (χ3n) is 2.11. The highest BCUT2D eigenvalue weighted by atomic mass is 16.4. The molecule has 0 radical (unpaired) electrons. The van der Waals surface area contributed by atoms with Crippen LogP contribution in [-0.2, 0) is 4.79 Å². The van der Waals surface area contributed by atoms with E-state index in [0.29, 0.717) is 11.6 Å². The van der Waals surface area contributed by atoms with Gasteiger partial charge in [-0.3, -0.25) is 4.79 Å². The SMILES string of the molecule is Cc1cc(N[C@@H](C)C(=O)O)n2ncnc2n1. The molecule has 2 aromatic rings. The summed E-state index contributed by atoms with van der Waals surface area (Å²) in [4.78, 5) is 18.8. The second kappa shape index (κ2) is 3.76. The fraction of sp³-hybridized carbons (Fsp3) is 0.333. The van der Waals surface area contributed by atoms with Crippen LogP contribution >= 0.6 is 0 Å². The van der Waals surface area contributed by atoms with Gasteiger partial charge < -0.3 is 10.4 Å². The van der Waals surface area contributed by atoms with E-state index in [9.17, 15) is 4.79 Å². The van der Waals surface area contributed by atoms with E-state index in [1.54, 1.807) is 13.0 Å². The van der Waals surface area contributed by atoms with Crippen LogP contribution < -0.4 is 5.32 Å². The number of carbonyl (C=O) groups is 1. The highest BCUT2D eigenvalue weighted by Gasteiger charge is 2.13. The van der Waals surface area contributed by atoms with E-state index >= 15 is 0 Å². The first-order chi connectivity index (χ1) is 7.58. The predicted octanol–water partition coefficient (Wildman–Crippen LogP) is 0.318. The van der Waals surface area contributed by atoms with Crippen molar-refractivity contribution in [2.75, 3.05) is 5.32 Å². The highest BCUT2D eigenvalue weighted by molar-refractivity contribution is 5.76. The van der Waals surface area contributed by atoms with E-state index in [4.69, 9.17) is 5.11 Å². The number of nitrogens with zero attached hydrogens (tertiary/aromatic N) is 4.